The average Bonchev–Trinajstić information content (AvgIpc) is 2.28. The topological polar surface area (TPSA) is 129 Å². The van der Waals surface area contributed by atoms with E-state index in [4.69, 9.17) is 16.3 Å². The normalized spacial score (nSPS) is 11.0. The predicted molar refractivity (Wildman–Crippen MR) is 57.7 cm³/mol. The molecule has 0 aromatic heterocycles. The Morgan fingerprint density at radius 1 is 1.62 bits per heavy atom. The summed E-state index contributed by atoms with van der Waals surface area (Å²) in [5, 5.41) is 14.2. The summed E-state index contributed by atoms with van der Waals surface area (Å²) in [4.78, 5) is 10.2. The molecule has 1 aromatic carbocycles. The molecular weight excluding hydrogens is 214 g/mol. The third kappa shape index (κ3) is 2.17. The maximum absolute atomic E-state index is 10.7. The summed E-state index contributed by atoms with van der Waals surface area (Å²) in [7, 11) is 1.31. The summed E-state index contributed by atoms with van der Waals surface area (Å²) in [5.41, 5.74) is 7.67. The molecular formula is C8H11N5O3. The Morgan fingerprint density at radius 2 is 2.31 bits per heavy atom. The molecule has 0 unspecified atom stereocenters. The number of nitrogens with zero attached hydrogens (tertiary/aromatic N) is 2. The van der Waals surface area contributed by atoms with Crippen LogP contribution in [-0.4, -0.2) is 17.9 Å². The Balaban J connectivity index is 3.35. The van der Waals surface area contributed by atoms with E-state index in [9.17, 15) is 10.1 Å². The third-order valence-corrected chi connectivity index (χ3v) is 1.86. The van der Waals surface area contributed by atoms with Crippen LogP contribution in [0, 0.1) is 10.1 Å². The molecule has 5 N–H and O–H groups in total. The van der Waals surface area contributed by atoms with Crippen LogP contribution in [0.15, 0.2) is 23.3 Å². The Bertz CT molecular complexity index is 432. The van der Waals surface area contributed by atoms with Crippen LogP contribution in [0.2, 0.25) is 0 Å². The number of para-hydroxylation sites is 1. The van der Waals surface area contributed by atoms with Crippen molar-refractivity contribution in [3.63, 3.8) is 0 Å². The molecule has 0 spiro atoms. The molecule has 8 nitrogen and oxygen atoms in total. The summed E-state index contributed by atoms with van der Waals surface area (Å²) in [6.45, 7) is 0. The molecule has 0 aliphatic carbocycles. The summed E-state index contributed by atoms with van der Waals surface area (Å²) < 4.78 is 4.93. The van der Waals surface area contributed by atoms with Gasteiger partial charge in [0.1, 0.15) is 0 Å². The number of nitrogens with two attached hydrogens (primary N) is 2. The second-order valence-electron chi connectivity index (χ2n) is 2.74. The predicted octanol–water partition coefficient (Wildman–Crippen LogP) is -0.313. The average molecular weight is 225 g/mol. The minimum absolute atomic E-state index is 0.00282. The monoisotopic (exact) mass is 225 g/mol. The number of rotatable bonds is 4. The van der Waals surface area contributed by atoms with E-state index in [1.54, 1.807) is 6.07 Å². The molecule has 8 heteroatoms. The maximum Gasteiger partial charge on any atom is 0.311 e. The number of hydrazine groups is 1. The number of benzene rings is 1. The van der Waals surface area contributed by atoms with Gasteiger partial charge in [-0.25, -0.2) is 11.4 Å². The lowest BCUT2D eigenvalue weighted by Crippen LogP contribution is -2.23. The summed E-state index contributed by atoms with van der Waals surface area (Å²) >= 11 is 0. The van der Waals surface area contributed by atoms with Crippen molar-refractivity contribution in [3.8, 4) is 5.75 Å². The molecule has 0 fully saturated rings. The van der Waals surface area contributed by atoms with Crippen LogP contribution in [0.5, 0.6) is 5.75 Å². The van der Waals surface area contributed by atoms with E-state index in [0.29, 0.717) is 5.56 Å². The molecule has 0 saturated carbocycles. The number of methoxy groups -OCH3 is 1. The molecule has 86 valence electrons. The van der Waals surface area contributed by atoms with E-state index in [-0.39, 0.29) is 17.3 Å². The third-order valence-electron chi connectivity index (χ3n) is 1.86. The number of nitrogens with one attached hydrogen (secondary N) is 1. The van der Waals surface area contributed by atoms with Crippen LogP contribution in [0.3, 0.4) is 0 Å². The van der Waals surface area contributed by atoms with Gasteiger partial charge in [0.25, 0.3) is 0 Å². The molecule has 1 aromatic rings. The second kappa shape index (κ2) is 4.94. The largest absolute Gasteiger partial charge is 0.490 e. The van der Waals surface area contributed by atoms with Gasteiger partial charge in [-0.3, -0.25) is 10.1 Å². The zero-order chi connectivity index (χ0) is 12.1. The molecule has 1 rings (SSSR count). The van der Waals surface area contributed by atoms with E-state index in [1.165, 1.54) is 19.2 Å². The first kappa shape index (κ1) is 11.7. The highest BCUT2D eigenvalue weighted by Crippen LogP contribution is 2.30. The van der Waals surface area contributed by atoms with Gasteiger partial charge in [-0.2, -0.15) is 0 Å². The zero-order valence-electron chi connectivity index (χ0n) is 8.51. The number of hydrazone groups is 1. The van der Waals surface area contributed by atoms with Crippen molar-refractivity contribution in [2.24, 2.45) is 16.7 Å². The first-order chi connectivity index (χ1) is 7.61. The van der Waals surface area contributed by atoms with Gasteiger partial charge >= 0.3 is 5.69 Å². The number of hydrogen-bond acceptors (Lipinski definition) is 6. The van der Waals surface area contributed by atoms with E-state index in [2.05, 4.69) is 5.10 Å². The van der Waals surface area contributed by atoms with Gasteiger partial charge in [0.15, 0.2) is 5.84 Å². The number of hydrogen-bond donors (Lipinski definition) is 3. The molecule has 0 bridgehead atoms. The fraction of sp³-hybridized carbons (Fsp3) is 0.125. The van der Waals surface area contributed by atoms with Crippen LogP contribution in [-0.2, 0) is 0 Å². The van der Waals surface area contributed by atoms with Gasteiger partial charge in [0.2, 0.25) is 5.75 Å². The van der Waals surface area contributed by atoms with Crippen molar-refractivity contribution < 1.29 is 9.66 Å². The molecule has 0 heterocycles. The van der Waals surface area contributed by atoms with Crippen LogP contribution in [0.4, 0.5) is 5.69 Å². The lowest BCUT2D eigenvalue weighted by atomic mass is 10.1. The smallest absolute Gasteiger partial charge is 0.311 e. The molecule has 0 radical (unpaired) electrons. The van der Waals surface area contributed by atoms with E-state index < -0.39 is 4.92 Å². The number of nitro groups is 1. The second-order valence-corrected chi connectivity index (χ2v) is 2.74. The highest BCUT2D eigenvalue weighted by Gasteiger charge is 2.19. The molecule has 0 atom stereocenters. The lowest BCUT2D eigenvalue weighted by molar-refractivity contribution is -0.385. The first-order valence-corrected chi connectivity index (χ1v) is 4.22. The van der Waals surface area contributed by atoms with Crippen molar-refractivity contribution in [2.45, 2.75) is 0 Å². The molecule has 0 amide bonds. The van der Waals surface area contributed by atoms with Gasteiger partial charge in [-0.1, -0.05) is 6.07 Å². The van der Waals surface area contributed by atoms with E-state index in [0.717, 1.165) is 0 Å². The quantitative estimate of drug-likeness (QED) is 0.212. The van der Waals surface area contributed by atoms with Crippen molar-refractivity contribution >= 4 is 11.5 Å². The highest BCUT2D eigenvalue weighted by atomic mass is 16.6. The van der Waals surface area contributed by atoms with Gasteiger partial charge in [-0.05, 0) is 6.07 Å². The first-order valence-electron chi connectivity index (χ1n) is 4.22. The zero-order valence-corrected chi connectivity index (χ0v) is 8.51. The van der Waals surface area contributed by atoms with Crippen molar-refractivity contribution in [2.75, 3.05) is 7.11 Å². The Labute approximate surface area is 91.0 Å². The van der Waals surface area contributed by atoms with Gasteiger partial charge in [-0.15, -0.1) is 5.10 Å². The number of amidine groups is 1. The number of ether oxygens (including phenoxy) is 1. The standard InChI is InChI=1S/C8H11N5O3/c1-16-7-5(8(9)11-12-10)3-2-4-6(7)13(14)15/h2-4,12H,10H2,1H3,(H2,9,11). The minimum atomic E-state index is -0.564. The van der Waals surface area contributed by atoms with Gasteiger partial charge in [0, 0.05) is 6.07 Å². The van der Waals surface area contributed by atoms with Crippen LogP contribution >= 0.6 is 0 Å². The van der Waals surface area contributed by atoms with Crippen molar-refractivity contribution in [1.29, 1.82) is 0 Å². The molecule has 16 heavy (non-hydrogen) atoms. The van der Waals surface area contributed by atoms with Crippen LogP contribution in [0.1, 0.15) is 5.56 Å². The van der Waals surface area contributed by atoms with Crippen LogP contribution in [0.25, 0.3) is 0 Å². The van der Waals surface area contributed by atoms with Crippen molar-refractivity contribution in [1.82, 2.24) is 5.53 Å². The fourth-order valence-electron chi connectivity index (χ4n) is 1.21. The van der Waals surface area contributed by atoms with Crippen molar-refractivity contribution in [3.05, 3.63) is 33.9 Å². The van der Waals surface area contributed by atoms with Gasteiger partial charge < -0.3 is 10.5 Å². The SMILES string of the molecule is COc1c(/C(N)=N/NN)cccc1[N+](=O)[O-]. The number of nitro benzene ring substituents is 1. The lowest BCUT2D eigenvalue weighted by Gasteiger charge is -2.07. The Kier molecular flexibility index (Phi) is 3.62. The summed E-state index contributed by atoms with van der Waals surface area (Å²) in [5.74, 6) is 5.01. The molecule has 0 saturated heterocycles. The summed E-state index contributed by atoms with van der Waals surface area (Å²) in [6, 6.07) is 4.34. The highest BCUT2D eigenvalue weighted by molar-refractivity contribution is 6.00. The van der Waals surface area contributed by atoms with Gasteiger partial charge in [0.05, 0.1) is 17.6 Å². The minimum Gasteiger partial charge on any atom is -0.490 e. The van der Waals surface area contributed by atoms with E-state index >= 15 is 0 Å². The summed E-state index contributed by atoms with van der Waals surface area (Å²) in [6.07, 6.45) is 0. The maximum atomic E-state index is 10.7. The Morgan fingerprint density at radius 3 is 2.81 bits per heavy atom. The Hall–Kier alpha value is -2.35. The fourth-order valence-corrected chi connectivity index (χ4v) is 1.21. The van der Waals surface area contributed by atoms with Crippen LogP contribution < -0.4 is 21.8 Å². The molecule has 0 aliphatic rings. The van der Waals surface area contributed by atoms with E-state index in [1.807, 2.05) is 5.53 Å². The molecule has 0 aliphatic heterocycles.